The Kier molecular flexibility index (Phi) is 5.25. The number of rotatable bonds is 4. The number of hydrogen-bond donors (Lipinski definition) is 1. The maximum absolute atomic E-state index is 12.5. The number of carbonyl (C=O) groups is 1. The molecule has 0 unspecified atom stereocenters. The van der Waals surface area contributed by atoms with Crippen LogP contribution in [0.2, 0.25) is 5.02 Å². The van der Waals surface area contributed by atoms with Crippen molar-refractivity contribution in [3.8, 4) is 0 Å². The first-order valence-electron chi connectivity index (χ1n) is 7.79. The lowest BCUT2D eigenvalue weighted by Crippen LogP contribution is -2.13. The molecular weight excluding hydrogens is 402 g/mol. The fourth-order valence-electron chi connectivity index (χ4n) is 2.61. The van der Waals surface area contributed by atoms with E-state index < -0.39 is 0 Å². The molecule has 1 aromatic heterocycles. The molecule has 0 aliphatic rings. The summed E-state index contributed by atoms with van der Waals surface area (Å²) in [4.78, 5) is 12.5. The summed E-state index contributed by atoms with van der Waals surface area (Å²) in [6, 6.07) is 15.0. The van der Waals surface area contributed by atoms with Crippen LogP contribution in [-0.2, 0) is 6.54 Å². The fourth-order valence-corrected chi connectivity index (χ4v) is 3.14. The average Bonchev–Trinajstić information content (AvgIpc) is 2.84. The zero-order valence-electron chi connectivity index (χ0n) is 13.9. The molecule has 0 spiro atoms. The highest BCUT2D eigenvalue weighted by molar-refractivity contribution is 9.10. The summed E-state index contributed by atoms with van der Waals surface area (Å²) in [6.45, 7) is 4.46. The Bertz CT molecular complexity index is 919. The molecule has 0 saturated heterocycles. The van der Waals surface area contributed by atoms with Crippen molar-refractivity contribution in [1.29, 1.82) is 0 Å². The highest BCUT2D eigenvalue weighted by Crippen LogP contribution is 2.22. The minimum Gasteiger partial charge on any atom is -0.319 e. The summed E-state index contributed by atoms with van der Waals surface area (Å²) in [7, 11) is 0. The lowest BCUT2D eigenvalue weighted by Gasteiger charge is -2.08. The molecule has 3 rings (SSSR count). The van der Waals surface area contributed by atoms with Crippen LogP contribution in [0.1, 0.15) is 27.3 Å². The van der Waals surface area contributed by atoms with Gasteiger partial charge in [0, 0.05) is 15.1 Å². The number of amides is 1. The number of anilines is 1. The standard InChI is InChI=1S/C19H17BrClN3O/c1-12-18(22-19(25)15-4-3-5-16(20)10-15)13(2)24(23-12)11-14-6-8-17(21)9-7-14/h3-10H,11H2,1-2H3,(H,22,25). The lowest BCUT2D eigenvalue weighted by molar-refractivity contribution is 0.102. The van der Waals surface area contributed by atoms with Gasteiger partial charge in [0.15, 0.2) is 0 Å². The third-order valence-electron chi connectivity index (χ3n) is 3.95. The van der Waals surface area contributed by atoms with Crippen LogP contribution in [0.15, 0.2) is 53.0 Å². The molecule has 1 amide bonds. The summed E-state index contributed by atoms with van der Waals surface area (Å²) < 4.78 is 2.75. The van der Waals surface area contributed by atoms with Crippen LogP contribution in [0.3, 0.4) is 0 Å². The second-order valence-electron chi connectivity index (χ2n) is 5.79. The number of carbonyl (C=O) groups excluding carboxylic acids is 1. The van der Waals surface area contributed by atoms with Crippen LogP contribution in [0.4, 0.5) is 5.69 Å². The Morgan fingerprint density at radius 2 is 1.92 bits per heavy atom. The van der Waals surface area contributed by atoms with Crippen LogP contribution in [0.25, 0.3) is 0 Å². The van der Waals surface area contributed by atoms with E-state index in [1.54, 1.807) is 12.1 Å². The molecule has 0 bridgehead atoms. The molecule has 128 valence electrons. The highest BCUT2D eigenvalue weighted by atomic mass is 79.9. The van der Waals surface area contributed by atoms with Crippen molar-refractivity contribution >= 4 is 39.1 Å². The number of nitrogens with zero attached hydrogens (tertiary/aromatic N) is 2. The number of aryl methyl sites for hydroxylation is 1. The number of benzene rings is 2. The Balaban J connectivity index is 1.82. The summed E-state index contributed by atoms with van der Waals surface area (Å²) in [6.07, 6.45) is 0. The van der Waals surface area contributed by atoms with Gasteiger partial charge in [-0.15, -0.1) is 0 Å². The van der Waals surface area contributed by atoms with Crippen molar-refractivity contribution in [2.75, 3.05) is 5.32 Å². The van der Waals surface area contributed by atoms with E-state index in [-0.39, 0.29) is 5.91 Å². The Morgan fingerprint density at radius 3 is 2.60 bits per heavy atom. The number of halogens is 2. The van der Waals surface area contributed by atoms with E-state index in [2.05, 4.69) is 26.3 Å². The molecule has 4 nitrogen and oxygen atoms in total. The average molecular weight is 419 g/mol. The van der Waals surface area contributed by atoms with E-state index in [1.807, 2.05) is 54.9 Å². The number of aromatic nitrogens is 2. The van der Waals surface area contributed by atoms with Gasteiger partial charge in [0.05, 0.1) is 23.6 Å². The maximum atomic E-state index is 12.5. The van der Waals surface area contributed by atoms with Gasteiger partial charge in [0.25, 0.3) is 5.91 Å². The Labute approximate surface area is 159 Å². The topological polar surface area (TPSA) is 46.9 Å². The Hall–Kier alpha value is -2.11. The summed E-state index contributed by atoms with van der Waals surface area (Å²) in [5.74, 6) is -0.154. The van der Waals surface area contributed by atoms with Gasteiger partial charge in [-0.3, -0.25) is 9.48 Å². The van der Waals surface area contributed by atoms with Crippen LogP contribution < -0.4 is 5.32 Å². The minimum atomic E-state index is -0.154. The molecule has 1 heterocycles. The first-order valence-corrected chi connectivity index (χ1v) is 8.96. The van der Waals surface area contributed by atoms with E-state index in [4.69, 9.17) is 11.6 Å². The molecule has 25 heavy (non-hydrogen) atoms. The summed E-state index contributed by atoms with van der Waals surface area (Å²) in [5.41, 5.74) is 4.14. The fraction of sp³-hybridized carbons (Fsp3) is 0.158. The molecule has 0 atom stereocenters. The van der Waals surface area contributed by atoms with Gasteiger partial charge in [-0.2, -0.15) is 5.10 Å². The van der Waals surface area contributed by atoms with Crippen molar-refractivity contribution < 1.29 is 4.79 Å². The molecule has 0 radical (unpaired) electrons. The molecule has 0 aliphatic heterocycles. The summed E-state index contributed by atoms with van der Waals surface area (Å²) in [5, 5.41) is 8.23. The second kappa shape index (κ2) is 7.42. The van der Waals surface area contributed by atoms with Crippen LogP contribution in [0, 0.1) is 13.8 Å². The molecule has 1 N–H and O–H groups in total. The quantitative estimate of drug-likeness (QED) is 0.631. The van der Waals surface area contributed by atoms with Gasteiger partial charge < -0.3 is 5.32 Å². The molecule has 3 aromatic rings. The third-order valence-corrected chi connectivity index (χ3v) is 4.70. The van der Waals surface area contributed by atoms with E-state index in [0.717, 1.165) is 27.1 Å². The SMILES string of the molecule is Cc1nn(Cc2ccc(Cl)cc2)c(C)c1NC(=O)c1cccc(Br)c1. The van der Waals surface area contributed by atoms with Crippen molar-refractivity contribution in [3.05, 3.63) is 80.5 Å². The molecule has 0 saturated carbocycles. The van der Waals surface area contributed by atoms with Crippen LogP contribution in [-0.4, -0.2) is 15.7 Å². The normalized spacial score (nSPS) is 10.7. The molecule has 2 aromatic carbocycles. The maximum Gasteiger partial charge on any atom is 0.255 e. The van der Waals surface area contributed by atoms with Crippen molar-refractivity contribution in [3.63, 3.8) is 0 Å². The zero-order valence-corrected chi connectivity index (χ0v) is 16.2. The van der Waals surface area contributed by atoms with Crippen LogP contribution >= 0.6 is 27.5 Å². The van der Waals surface area contributed by atoms with Gasteiger partial charge in [0.1, 0.15) is 0 Å². The van der Waals surface area contributed by atoms with Gasteiger partial charge in [0.2, 0.25) is 0 Å². The van der Waals surface area contributed by atoms with Crippen molar-refractivity contribution in [1.82, 2.24) is 9.78 Å². The van der Waals surface area contributed by atoms with Crippen molar-refractivity contribution in [2.24, 2.45) is 0 Å². The first kappa shape index (κ1) is 17.7. The molecular formula is C19H17BrClN3O. The summed E-state index contributed by atoms with van der Waals surface area (Å²) >= 11 is 9.31. The molecule has 0 fully saturated rings. The van der Waals surface area contributed by atoms with Gasteiger partial charge in [-0.25, -0.2) is 0 Å². The minimum absolute atomic E-state index is 0.154. The van der Waals surface area contributed by atoms with Gasteiger partial charge >= 0.3 is 0 Å². The van der Waals surface area contributed by atoms with Crippen molar-refractivity contribution in [2.45, 2.75) is 20.4 Å². The predicted molar refractivity (Wildman–Crippen MR) is 104 cm³/mol. The van der Waals surface area contributed by atoms with Gasteiger partial charge in [-0.1, -0.05) is 45.7 Å². The molecule has 0 aliphatic carbocycles. The third kappa shape index (κ3) is 4.11. The highest BCUT2D eigenvalue weighted by Gasteiger charge is 2.15. The zero-order chi connectivity index (χ0) is 18.0. The van der Waals surface area contributed by atoms with E-state index in [0.29, 0.717) is 17.1 Å². The first-order chi connectivity index (χ1) is 11.9. The number of hydrogen-bond acceptors (Lipinski definition) is 2. The van der Waals surface area contributed by atoms with Crippen LogP contribution in [0.5, 0.6) is 0 Å². The van der Waals surface area contributed by atoms with E-state index in [1.165, 1.54) is 0 Å². The predicted octanol–water partition coefficient (Wildman–Crippen LogP) is 5.22. The lowest BCUT2D eigenvalue weighted by atomic mass is 10.2. The van der Waals surface area contributed by atoms with Gasteiger partial charge in [-0.05, 0) is 49.7 Å². The molecule has 6 heteroatoms. The van der Waals surface area contributed by atoms with E-state index >= 15 is 0 Å². The number of nitrogens with one attached hydrogen (secondary N) is 1. The largest absolute Gasteiger partial charge is 0.319 e. The van der Waals surface area contributed by atoms with E-state index in [9.17, 15) is 4.79 Å². The smallest absolute Gasteiger partial charge is 0.255 e. The Morgan fingerprint density at radius 1 is 1.20 bits per heavy atom. The second-order valence-corrected chi connectivity index (χ2v) is 7.15. The monoisotopic (exact) mass is 417 g/mol.